The molecule has 0 radical (unpaired) electrons. The molecular weight excluding hydrogens is 343 g/mol. The van der Waals surface area contributed by atoms with Crippen molar-refractivity contribution in [3.63, 3.8) is 0 Å². The number of halogens is 1. The molecule has 0 unspecified atom stereocenters. The third-order valence-corrected chi connectivity index (χ3v) is 5.71. The van der Waals surface area contributed by atoms with Gasteiger partial charge in [-0.15, -0.1) is 0 Å². The van der Waals surface area contributed by atoms with Crippen LogP contribution in [0.25, 0.3) is 0 Å². The molecule has 0 aliphatic carbocycles. The van der Waals surface area contributed by atoms with Gasteiger partial charge in [-0.3, -0.25) is 4.72 Å². The molecule has 3 rings (SSSR count). The lowest BCUT2D eigenvalue weighted by atomic mass is 10.2. The van der Waals surface area contributed by atoms with Crippen molar-refractivity contribution in [3.05, 3.63) is 47.8 Å². The average Bonchev–Trinajstić information content (AvgIpc) is 3.11. The van der Waals surface area contributed by atoms with Crippen LogP contribution >= 0.6 is 0 Å². The summed E-state index contributed by atoms with van der Waals surface area (Å²) >= 11 is 0. The van der Waals surface area contributed by atoms with E-state index < -0.39 is 15.8 Å². The number of anilines is 2. The quantitative estimate of drug-likeness (QED) is 0.882. The minimum absolute atomic E-state index is 0.0436. The number of nitrogens with zero attached hydrogens (tertiary/aromatic N) is 1. The maximum atomic E-state index is 14.1. The Morgan fingerprint density at radius 1 is 1.12 bits per heavy atom. The highest BCUT2D eigenvalue weighted by Crippen LogP contribution is 2.28. The maximum Gasteiger partial charge on any atom is 0.262 e. The molecule has 2 aromatic rings. The molecule has 1 N–H and O–H groups in total. The molecular formula is C18H21FN2O3S. The molecule has 0 bridgehead atoms. The number of sulfonamides is 1. The monoisotopic (exact) mass is 364 g/mol. The van der Waals surface area contributed by atoms with E-state index in [4.69, 9.17) is 4.74 Å². The van der Waals surface area contributed by atoms with E-state index in [0.29, 0.717) is 11.3 Å². The van der Waals surface area contributed by atoms with Gasteiger partial charge in [0.15, 0.2) is 0 Å². The molecule has 5 nitrogen and oxygen atoms in total. The second-order valence-electron chi connectivity index (χ2n) is 6.10. The predicted molar refractivity (Wildman–Crippen MR) is 96.4 cm³/mol. The van der Waals surface area contributed by atoms with Crippen LogP contribution in [0.15, 0.2) is 41.3 Å². The van der Waals surface area contributed by atoms with Crippen LogP contribution < -0.4 is 14.4 Å². The molecule has 25 heavy (non-hydrogen) atoms. The molecule has 1 aliphatic heterocycles. The SMILES string of the molecule is COc1ccc(S(=O)(=O)Nc2cc(N3CCCC3)ccc2F)cc1C. The summed E-state index contributed by atoms with van der Waals surface area (Å²) in [6.07, 6.45) is 2.17. The van der Waals surface area contributed by atoms with Crippen LogP contribution in [0.3, 0.4) is 0 Å². The largest absolute Gasteiger partial charge is 0.496 e. The first-order valence-corrected chi connectivity index (χ1v) is 9.61. The van der Waals surface area contributed by atoms with Crippen LogP contribution in [0.5, 0.6) is 5.75 Å². The fraction of sp³-hybridized carbons (Fsp3) is 0.333. The minimum atomic E-state index is -3.89. The van der Waals surface area contributed by atoms with Gasteiger partial charge in [0.05, 0.1) is 17.7 Å². The topological polar surface area (TPSA) is 58.6 Å². The fourth-order valence-corrected chi connectivity index (χ4v) is 4.13. The summed E-state index contributed by atoms with van der Waals surface area (Å²) in [6.45, 7) is 3.55. The zero-order valence-electron chi connectivity index (χ0n) is 14.3. The molecule has 0 saturated carbocycles. The number of hydrogen-bond donors (Lipinski definition) is 1. The molecule has 1 aliphatic rings. The molecule has 0 atom stereocenters. The molecule has 1 fully saturated rings. The van der Waals surface area contributed by atoms with Crippen LogP contribution in [0, 0.1) is 12.7 Å². The lowest BCUT2D eigenvalue weighted by Crippen LogP contribution is -2.19. The van der Waals surface area contributed by atoms with Gasteiger partial charge in [0.2, 0.25) is 0 Å². The van der Waals surface area contributed by atoms with Crippen LogP contribution in [0.2, 0.25) is 0 Å². The molecule has 0 amide bonds. The Labute approximate surface area is 147 Å². The number of aryl methyl sites for hydroxylation is 1. The highest BCUT2D eigenvalue weighted by Gasteiger charge is 2.19. The van der Waals surface area contributed by atoms with Crippen molar-refractivity contribution in [2.24, 2.45) is 0 Å². The van der Waals surface area contributed by atoms with Crippen molar-refractivity contribution in [1.29, 1.82) is 0 Å². The third kappa shape index (κ3) is 3.71. The smallest absolute Gasteiger partial charge is 0.262 e. The van der Waals surface area contributed by atoms with E-state index in [1.54, 1.807) is 25.1 Å². The highest BCUT2D eigenvalue weighted by molar-refractivity contribution is 7.92. The molecule has 0 aromatic heterocycles. The van der Waals surface area contributed by atoms with E-state index in [-0.39, 0.29) is 10.6 Å². The summed E-state index contributed by atoms with van der Waals surface area (Å²) in [6, 6.07) is 9.05. The fourth-order valence-electron chi connectivity index (χ4n) is 2.99. The average molecular weight is 364 g/mol. The van der Waals surface area contributed by atoms with E-state index in [2.05, 4.69) is 9.62 Å². The normalized spacial score (nSPS) is 14.6. The minimum Gasteiger partial charge on any atom is -0.496 e. The number of ether oxygens (including phenoxy) is 1. The van der Waals surface area contributed by atoms with Crippen LogP contribution in [-0.4, -0.2) is 28.6 Å². The van der Waals surface area contributed by atoms with Crippen LogP contribution in [0.4, 0.5) is 15.8 Å². The Bertz CT molecular complexity index is 878. The first-order valence-electron chi connectivity index (χ1n) is 8.13. The standard InChI is InChI=1S/C18H21FN2O3S/c1-13-11-15(6-8-18(13)24-2)25(22,23)20-17-12-14(5-7-16(17)19)21-9-3-4-10-21/h5-8,11-12,20H,3-4,9-10H2,1-2H3. The first kappa shape index (κ1) is 17.5. The van der Waals surface area contributed by atoms with Gasteiger partial charge in [0.25, 0.3) is 10.0 Å². The van der Waals surface area contributed by atoms with Gasteiger partial charge < -0.3 is 9.64 Å². The second-order valence-corrected chi connectivity index (χ2v) is 7.78. The van der Waals surface area contributed by atoms with Crippen molar-refractivity contribution >= 4 is 21.4 Å². The third-order valence-electron chi connectivity index (χ3n) is 4.34. The second kappa shape index (κ2) is 6.92. The van der Waals surface area contributed by atoms with Gasteiger partial charge in [0, 0.05) is 18.8 Å². The Balaban J connectivity index is 1.90. The van der Waals surface area contributed by atoms with E-state index >= 15 is 0 Å². The summed E-state index contributed by atoms with van der Waals surface area (Å²) in [5, 5.41) is 0. The first-order chi connectivity index (χ1) is 11.9. The number of hydrogen-bond acceptors (Lipinski definition) is 4. The van der Waals surface area contributed by atoms with Crippen molar-refractivity contribution in [3.8, 4) is 5.75 Å². The number of benzene rings is 2. The highest BCUT2D eigenvalue weighted by atomic mass is 32.2. The predicted octanol–water partition coefficient (Wildman–Crippen LogP) is 3.54. The summed E-state index contributed by atoms with van der Waals surface area (Å²) in [4.78, 5) is 2.19. The summed E-state index contributed by atoms with van der Waals surface area (Å²) < 4.78 is 46.9. The lowest BCUT2D eigenvalue weighted by Gasteiger charge is -2.19. The summed E-state index contributed by atoms with van der Waals surface area (Å²) in [7, 11) is -2.37. The Kier molecular flexibility index (Phi) is 4.85. The van der Waals surface area contributed by atoms with Crippen molar-refractivity contribution in [2.45, 2.75) is 24.7 Å². The van der Waals surface area contributed by atoms with E-state index in [9.17, 15) is 12.8 Å². The zero-order valence-corrected chi connectivity index (χ0v) is 15.1. The van der Waals surface area contributed by atoms with Gasteiger partial charge >= 0.3 is 0 Å². The molecule has 7 heteroatoms. The van der Waals surface area contributed by atoms with Gasteiger partial charge in [-0.05, 0) is 61.7 Å². The van der Waals surface area contributed by atoms with Crippen molar-refractivity contribution in [1.82, 2.24) is 0 Å². The van der Waals surface area contributed by atoms with Crippen LogP contribution in [-0.2, 0) is 10.0 Å². The van der Waals surface area contributed by atoms with Crippen molar-refractivity contribution < 1.29 is 17.5 Å². The van der Waals surface area contributed by atoms with Crippen molar-refractivity contribution in [2.75, 3.05) is 29.8 Å². The number of methoxy groups -OCH3 is 1. The van der Waals surface area contributed by atoms with E-state index in [1.165, 1.54) is 25.3 Å². The van der Waals surface area contributed by atoms with E-state index in [1.807, 2.05) is 0 Å². The van der Waals surface area contributed by atoms with Gasteiger partial charge in [-0.25, -0.2) is 12.8 Å². The van der Waals surface area contributed by atoms with Gasteiger partial charge in [0.1, 0.15) is 11.6 Å². The molecule has 1 saturated heterocycles. The summed E-state index contributed by atoms with van der Waals surface area (Å²) in [5.74, 6) is -0.00193. The Hall–Kier alpha value is -2.28. The maximum absolute atomic E-state index is 14.1. The lowest BCUT2D eigenvalue weighted by molar-refractivity contribution is 0.411. The molecule has 1 heterocycles. The Morgan fingerprint density at radius 3 is 2.48 bits per heavy atom. The number of nitrogens with one attached hydrogen (secondary N) is 1. The zero-order chi connectivity index (χ0) is 18.0. The number of rotatable bonds is 5. The Morgan fingerprint density at radius 2 is 1.84 bits per heavy atom. The van der Waals surface area contributed by atoms with Gasteiger partial charge in [-0.1, -0.05) is 0 Å². The van der Waals surface area contributed by atoms with Gasteiger partial charge in [-0.2, -0.15) is 0 Å². The van der Waals surface area contributed by atoms with E-state index in [0.717, 1.165) is 31.6 Å². The molecule has 2 aromatic carbocycles. The summed E-state index contributed by atoms with van der Waals surface area (Å²) in [5.41, 5.74) is 1.47. The molecule has 0 spiro atoms. The van der Waals surface area contributed by atoms with Crippen LogP contribution in [0.1, 0.15) is 18.4 Å². The molecule has 134 valence electrons.